The van der Waals surface area contributed by atoms with Crippen molar-refractivity contribution in [2.75, 3.05) is 25.5 Å². The Morgan fingerprint density at radius 3 is 2.44 bits per heavy atom. The maximum atomic E-state index is 12.8. The lowest BCUT2D eigenvalue weighted by Gasteiger charge is -2.32. The summed E-state index contributed by atoms with van der Waals surface area (Å²) in [5.74, 6) is 0.584. The van der Waals surface area contributed by atoms with Gasteiger partial charge in [0.2, 0.25) is 5.91 Å². The highest BCUT2D eigenvalue weighted by Gasteiger charge is 2.28. The van der Waals surface area contributed by atoms with Gasteiger partial charge in [0.1, 0.15) is 5.75 Å². The topological polar surface area (TPSA) is 58.6 Å². The summed E-state index contributed by atoms with van der Waals surface area (Å²) in [4.78, 5) is 27.2. The fraction of sp³-hybridized carbons (Fsp3) is 0.364. The predicted octanol–water partition coefficient (Wildman–Crippen LogP) is 3.80. The summed E-state index contributed by atoms with van der Waals surface area (Å²) in [5, 5.41) is 2.95. The first-order chi connectivity index (χ1) is 13.0. The molecule has 0 aliphatic carbocycles. The van der Waals surface area contributed by atoms with E-state index >= 15 is 0 Å². The lowest BCUT2D eigenvalue weighted by Crippen LogP contribution is -2.41. The number of hydrogen-bond donors (Lipinski definition) is 1. The maximum absolute atomic E-state index is 12.8. The number of para-hydroxylation sites is 2. The summed E-state index contributed by atoms with van der Waals surface area (Å²) in [7, 11) is 1.59. The Kier molecular flexibility index (Phi) is 5.79. The van der Waals surface area contributed by atoms with Gasteiger partial charge in [0.05, 0.1) is 12.8 Å². The number of nitrogens with zero attached hydrogens (tertiary/aromatic N) is 1. The molecule has 5 nitrogen and oxygen atoms in total. The first-order valence-electron chi connectivity index (χ1n) is 9.30. The standard InChI is InChI=1S/C22H26N2O3/c1-15-8-9-18(16(2)14-15)22(26)24-12-10-17(11-13-24)21(25)23-19-6-4-5-7-20(19)27-3/h4-9,14,17H,10-13H2,1-3H3,(H,23,25). The zero-order valence-electron chi connectivity index (χ0n) is 16.1. The number of aryl methyl sites for hydroxylation is 2. The molecule has 2 aromatic carbocycles. The molecule has 0 aromatic heterocycles. The summed E-state index contributed by atoms with van der Waals surface area (Å²) in [5.41, 5.74) is 3.57. The largest absolute Gasteiger partial charge is 0.495 e. The van der Waals surface area contributed by atoms with Crippen LogP contribution in [0.4, 0.5) is 5.69 Å². The summed E-state index contributed by atoms with van der Waals surface area (Å²) >= 11 is 0. The normalized spacial score (nSPS) is 14.7. The van der Waals surface area contributed by atoms with Gasteiger partial charge in [0.25, 0.3) is 5.91 Å². The van der Waals surface area contributed by atoms with Crippen LogP contribution in [0.3, 0.4) is 0 Å². The molecule has 1 aliphatic heterocycles. The van der Waals surface area contributed by atoms with Gasteiger partial charge in [0, 0.05) is 24.6 Å². The highest BCUT2D eigenvalue weighted by atomic mass is 16.5. The second kappa shape index (κ2) is 8.25. The van der Waals surface area contributed by atoms with Crippen molar-refractivity contribution in [3.8, 4) is 5.75 Å². The molecule has 0 spiro atoms. The molecular weight excluding hydrogens is 340 g/mol. The van der Waals surface area contributed by atoms with Gasteiger partial charge in [0.15, 0.2) is 0 Å². The average Bonchev–Trinajstić information content (AvgIpc) is 2.68. The van der Waals surface area contributed by atoms with Crippen molar-refractivity contribution >= 4 is 17.5 Å². The molecule has 5 heteroatoms. The van der Waals surface area contributed by atoms with Gasteiger partial charge >= 0.3 is 0 Å². The minimum absolute atomic E-state index is 0.0156. The van der Waals surface area contributed by atoms with E-state index in [9.17, 15) is 9.59 Å². The van der Waals surface area contributed by atoms with Crippen LogP contribution < -0.4 is 10.1 Å². The Morgan fingerprint density at radius 1 is 1.07 bits per heavy atom. The van der Waals surface area contributed by atoms with E-state index in [4.69, 9.17) is 4.74 Å². The summed E-state index contributed by atoms with van der Waals surface area (Å²) in [6.07, 6.45) is 1.33. The summed E-state index contributed by atoms with van der Waals surface area (Å²) in [6.45, 7) is 5.17. The second-order valence-electron chi connectivity index (χ2n) is 7.07. The Morgan fingerprint density at radius 2 is 1.78 bits per heavy atom. The van der Waals surface area contributed by atoms with Gasteiger partial charge in [-0.2, -0.15) is 0 Å². The van der Waals surface area contributed by atoms with Crippen LogP contribution in [0, 0.1) is 19.8 Å². The molecule has 0 unspecified atom stereocenters. The molecule has 0 bridgehead atoms. The van der Waals surface area contributed by atoms with Crippen molar-refractivity contribution in [1.82, 2.24) is 4.90 Å². The van der Waals surface area contributed by atoms with Gasteiger partial charge in [-0.05, 0) is 50.5 Å². The van der Waals surface area contributed by atoms with Crippen molar-refractivity contribution in [2.45, 2.75) is 26.7 Å². The Hall–Kier alpha value is -2.82. The van der Waals surface area contributed by atoms with Crippen LogP contribution in [0.25, 0.3) is 0 Å². The minimum Gasteiger partial charge on any atom is -0.495 e. The van der Waals surface area contributed by atoms with Crippen LogP contribution in [0.2, 0.25) is 0 Å². The third-order valence-corrected chi connectivity index (χ3v) is 5.13. The monoisotopic (exact) mass is 366 g/mol. The first kappa shape index (κ1) is 19.0. The Bertz CT molecular complexity index is 839. The van der Waals surface area contributed by atoms with Gasteiger partial charge in [-0.1, -0.05) is 29.8 Å². The molecule has 1 saturated heterocycles. The molecule has 142 valence electrons. The molecule has 0 atom stereocenters. The van der Waals surface area contributed by atoms with E-state index in [-0.39, 0.29) is 17.7 Å². The molecule has 1 aliphatic rings. The van der Waals surface area contributed by atoms with Crippen LogP contribution in [0.15, 0.2) is 42.5 Å². The molecule has 2 amide bonds. The molecule has 0 radical (unpaired) electrons. The van der Waals surface area contributed by atoms with Crippen molar-refractivity contribution in [1.29, 1.82) is 0 Å². The third kappa shape index (κ3) is 4.30. The van der Waals surface area contributed by atoms with Crippen molar-refractivity contribution in [2.24, 2.45) is 5.92 Å². The number of nitrogens with one attached hydrogen (secondary N) is 1. The van der Waals surface area contributed by atoms with Gasteiger partial charge in [-0.15, -0.1) is 0 Å². The Labute approximate surface area is 160 Å². The third-order valence-electron chi connectivity index (χ3n) is 5.13. The number of likely N-dealkylation sites (tertiary alicyclic amines) is 1. The van der Waals surface area contributed by atoms with Crippen LogP contribution in [0.1, 0.15) is 34.3 Å². The quantitative estimate of drug-likeness (QED) is 0.895. The van der Waals surface area contributed by atoms with Gasteiger partial charge < -0.3 is 15.0 Å². The number of ether oxygens (including phenoxy) is 1. The van der Waals surface area contributed by atoms with Crippen LogP contribution in [0.5, 0.6) is 5.75 Å². The number of carbonyl (C=O) groups excluding carboxylic acids is 2. The predicted molar refractivity (Wildman–Crippen MR) is 106 cm³/mol. The average molecular weight is 366 g/mol. The zero-order valence-corrected chi connectivity index (χ0v) is 16.1. The van der Waals surface area contributed by atoms with Gasteiger partial charge in [-0.3, -0.25) is 9.59 Å². The van der Waals surface area contributed by atoms with E-state index in [1.165, 1.54) is 0 Å². The smallest absolute Gasteiger partial charge is 0.254 e. The molecule has 2 aromatic rings. The molecule has 1 fully saturated rings. The number of benzene rings is 2. The van der Waals surface area contributed by atoms with E-state index in [0.29, 0.717) is 37.4 Å². The number of piperidine rings is 1. The number of methoxy groups -OCH3 is 1. The van der Waals surface area contributed by atoms with Crippen LogP contribution in [-0.2, 0) is 4.79 Å². The first-order valence-corrected chi connectivity index (χ1v) is 9.30. The maximum Gasteiger partial charge on any atom is 0.254 e. The minimum atomic E-state index is -0.0990. The lowest BCUT2D eigenvalue weighted by atomic mass is 9.94. The molecule has 3 rings (SSSR count). The highest BCUT2D eigenvalue weighted by molar-refractivity contribution is 5.96. The SMILES string of the molecule is COc1ccccc1NC(=O)C1CCN(C(=O)c2ccc(C)cc2C)CC1. The zero-order chi connectivity index (χ0) is 19.4. The molecule has 0 saturated carbocycles. The fourth-order valence-electron chi connectivity index (χ4n) is 3.55. The highest BCUT2D eigenvalue weighted by Crippen LogP contribution is 2.26. The number of rotatable bonds is 4. The fourth-order valence-corrected chi connectivity index (χ4v) is 3.55. The van der Waals surface area contributed by atoms with E-state index in [1.54, 1.807) is 7.11 Å². The number of amides is 2. The van der Waals surface area contributed by atoms with Crippen LogP contribution in [-0.4, -0.2) is 36.9 Å². The van der Waals surface area contributed by atoms with Crippen LogP contribution >= 0.6 is 0 Å². The summed E-state index contributed by atoms with van der Waals surface area (Å²) < 4.78 is 5.28. The van der Waals surface area contributed by atoms with E-state index in [0.717, 1.165) is 16.7 Å². The number of anilines is 1. The van der Waals surface area contributed by atoms with E-state index in [1.807, 2.05) is 61.2 Å². The number of carbonyl (C=O) groups is 2. The Balaban J connectivity index is 1.59. The lowest BCUT2D eigenvalue weighted by molar-refractivity contribution is -0.121. The van der Waals surface area contributed by atoms with E-state index < -0.39 is 0 Å². The molecule has 1 heterocycles. The number of hydrogen-bond acceptors (Lipinski definition) is 3. The van der Waals surface area contributed by atoms with Crippen molar-refractivity contribution in [3.05, 3.63) is 59.2 Å². The van der Waals surface area contributed by atoms with E-state index in [2.05, 4.69) is 5.32 Å². The van der Waals surface area contributed by atoms with Crippen molar-refractivity contribution in [3.63, 3.8) is 0 Å². The molecular formula is C22H26N2O3. The van der Waals surface area contributed by atoms with Gasteiger partial charge in [-0.25, -0.2) is 0 Å². The van der Waals surface area contributed by atoms with Crippen molar-refractivity contribution < 1.29 is 14.3 Å². The summed E-state index contributed by atoms with van der Waals surface area (Å²) in [6, 6.07) is 13.3. The molecule has 1 N–H and O–H groups in total. The molecule has 27 heavy (non-hydrogen) atoms. The second-order valence-corrected chi connectivity index (χ2v) is 7.07.